The van der Waals surface area contributed by atoms with E-state index < -0.39 is 22.2 Å². The molecule has 1 aromatic carbocycles. The summed E-state index contributed by atoms with van der Waals surface area (Å²) in [7, 11) is -3.34. The Balaban J connectivity index is 2.15. The van der Waals surface area contributed by atoms with Gasteiger partial charge in [0.25, 0.3) is 0 Å². The van der Waals surface area contributed by atoms with E-state index in [0.717, 1.165) is 6.26 Å². The minimum Gasteiger partial charge on any atom is -0.386 e. The van der Waals surface area contributed by atoms with Gasteiger partial charge in [0.2, 0.25) is 15.9 Å². The van der Waals surface area contributed by atoms with Gasteiger partial charge in [-0.1, -0.05) is 12.1 Å². The molecule has 2 rings (SSSR count). The summed E-state index contributed by atoms with van der Waals surface area (Å²) in [4.78, 5) is 13.4. The summed E-state index contributed by atoms with van der Waals surface area (Å²) in [6, 6.07) is 5.96. The number of morpholine rings is 1. The van der Waals surface area contributed by atoms with Crippen LogP contribution < -0.4 is 4.72 Å². The van der Waals surface area contributed by atoms with E-state index in [1.165, 1.54) is 0 Å². The molecule has 1 fully saturated rings. The van der Waals surface area contributed by atoms with Crippen molar-refractivity contribution in [3.63, 3.8) is 0 Å². The summed E-state index contributed by atoms with van der Waals surface area (Å²) in [5.41, 5.74) is 1.02. The van der Waals surface area contributed by atoms with Crippen molar-refractivity contribution >= 4 is 21.6 Å². The average Bonchev–Trinajstić information content (AvgIpc) is 2.45. The van der Waals surface area contributed by atoms with Gasteiger partial charge in [-0.2, -0.15) is 0 Å². The fourth-order valence-electron chi connectivity index (χ4n) is 2.48. The van der Waals surface area contributed by atoms with Gasteiger partial charge >= 0.3 is 0 Å². The Kier molecular flexibility index (Phi) is 5.05. The molecule has 2 N–H and O–H groups in total. The average molecular weight is 328 g/mol. The monoisotopic (exact) mass is 328 g/mol. The number of hydrogen-bond acceptors (Lipinski definition) is 5. The van der Waals surface area contributed by atoms with Crippen LogP contribution in [0.5, 0.6) is 0 Å². The van der Waals surface area contributed by atoms with Crippen LogP contribution in [0.2, 0.25) is 0 Å². The predicted molar refractivity (Wildman–Crippen MR) is 81.9 cm³/mol. The first-order valence-electron chi connectivity index (χ1n) is 6.95. The number of carbonyl (C=O) groups excluding carboxylic acids is 1. The summed E-state index contributed by atoms with van der Waals surface area (Å²) in [5.74, 6) is -0.145. The van der Waals surface area contributed by atoms with Crippen molar-refractivity contribution in [3.05, 3.63) is 29.8 Å². The molecule has 1 aliphatic heterocycles. The number of hydrogen-bond donors (Lipinski definition) is 2. The molecule has 0 radical (unpaired) electrons. The second kappa shape index (κ2) is 6.64. The minimum atomic E-state index is -3.34. The molecule has 122 valence electrons. The second-order valence-electron chi connectivity index (χ2n) is 5.20. The summed E-state index contributed by atoms with van der Waals surface area (Å²) >= 11 is 0. The maximum Gasteiger partial charge on any atom is 0.248 e. The third-order valence-electron chi connectivity index (χ3n) is 3.50. The highest BCUT2D eigenvalue weighted by Gasteiger charge is 2.33. The Labute approximate surface area is 129 Å². The van der Waals surface area contributed by atoms with Crippen molar-refractivity contribution < 1.29 is 23.1 Å². The van der Waals surface area contributed by atoms with E-state index >= 15 is 0 Å². The van der Waals surface area contributed by atoms with Crippen LogP contribution in [0.25, 0.3) is 0 Å². The van der Waals surface area contributed by atoms with Crippen LogP contribution in [-0.2, 0) is 19.6 Å². The zero-order chi connectivity index (χ0) is 16.3. The lowest BCUT2D eigenvalue weighted by molar-refractivity contribution is -0.153. The molecule has 8 heteroatoms. The molecule has 1 amide bonds. The third kappa shape index (κ3) is 3.96. The zero-order valence-electron chi connectivity index (χ0n) is 12.5. The number of benzene rings is 1. The number of nitrogens with one attached hydrogen (secondary N) is 1. The Morgan fingerprint density at radius 1 is 1.41 bits per heavy atom. The zero-order valence-corrected chi connectivity index (χ0v) is 13.3. The quantitative estimate of drug-likeness (QED) is 0.812. The molecule has 0 bridgehead atoms. The number of sulfonamides is 1. The highest BCUT2D eigenvalue weighted by atomic mass is 32.2. The highest BCUT2D eigenvalue weighted by Crippen LogP contribution is 2.25. The molecule has 0 saturated carbocycles. The maximum atomic E-state index is 11.8. The molecule has 1 aliphatic rings. The first kappa shape index (κ1) is 16.7. The van der Waals surface area contributed by atoms with Gasteiger partial charge in [0, 0.05) is 12.2 Å². The van der Waals surface area contributed by atoms with Gasteiger partial charge < -0.3 is 14.7 Å². The fraction of sp³-hybridized carbons (Fsp3) is 0.500. The fourth-order valence-corrected chi connectivity index (χ4v) is 3.05. The molecule has 1 aromatic rings. The molecular formula is C14H20N2O5S. The van der Waals surface area contributed by atoms with E-state index in [1.54, 1.807) is 29.2 Å². The molecule has 0 spiro atoms. The Morgan fingerprint density at radius 2 is 2.05 bits per heavy atom. The van der Waals surface area contributed by atoms with Crippen molar-refractivity contribution in [1.82, 2.24) is 4.90 Å². The molecule has 7 nitrogen and oxygen atoms in total. The Bertz CT molecular complexity index is 629. The van der Waals surface area contributed by atoms with E-state index in [0.29, 0.717) is 17.8 Å². The SMILES string of the molecule is CCN1C(=O)COCC1C(O)c1ccc(NS(C)(=O)=O)cc1. The van der Waals surface area contributed by atoms with Crippen LogP contribution in [0.15, 0.2) is 24.3 Å². The molecule has 2 atom stereocenters. The Hall–Kier alpha value is -1.64. The molecule has 1 saturated heterocycles. The van der Waals surface area contributed by atoms with Gasteiger partial charge in [-0.15, -0.1) is 0 Å². The summed E-state index contributed by atoms with van der Waals surface area (Å²) in [5, 5.41) is 10.5. The molecule has 22 heavy (non-hydrogen) atoms. The van der Waals surface area contributed by atoms with Gasteiger partial charge in [0.15, 0.2) is 0 Å². The van der Waals surface area contributed by atoms with Crippen molar-refractivity contribution in [2.24, 2.45) is 0 Å². The van der Waals surface area contributed by atoms with Crippen LogP contribution in [0.1, 0.15) is 18.6 Å². The predicted octanol–water partition coefficient (Wildman–Crippen LogP) is 0.339. The normalized spacial score (nSPS) is 20.8. The van der Waals surface area contributed by atoms with Crippen LogP contribution in [-0.4, -0.2) is 56.4 Å². The van der Waals surface area contributed by atoms with E-state index in [4.69, 9.17) is 4.74 Å². The van der Waals surface area contributed by atoms with Gasteiger partial charge in [0.05, 0.1) is 18.9 Å². The van der Waals surface area contributed by atoms with Crippen molar-refractivity contribution in [1.29, 1.82) is 0 Å². The molecule has 1 heterocycles. The van der Waals surface area contributed by atoms with Crippen molar-refractivity contribution in [2.75, 3.05) is 30.7 Å². The van der Waals surface area contributed by atoms with Crippen molar-refractivity contribution in [2.45, 2.75) is 19.1 Å². The van der Waals surface area contributed by atoms with Crippen LogP contribution in [0.4, 0.5) is 5.69 Å². The molecular weight excluding hydrogens is 308 g/mol. The summed E-state index contributed by atoms with van der Waals surface area (Å²) in [6.07, 6.45) is 0.177. The summed E-state index contributed by atoms with van der Waals surface area (Å²) in [6.45, 7) is 2.65. The maximum absolute atomic E-state index is 11.8. The van der Waals surface area contributed by atoms with Gasteiger partial charge in [-0.3, -0.25) is 9.52 Å². The lowest BCUT2D eigenvalue weighted by Crippen LogP contribution is -2.51. The number of ether oxygens (including phenoxy) is 1. The number of anilines is 1. The number of likely N-dealkylation sites (N-methyl/N-ethyl adjacent to an activating group) is 1. The minimum absolute atomic E-state index is 0.0360. The number of amides is 1. The van der Waals surface area contributed by atoms with E-state index in [2.05, 4.69) is 4.72 Å². The van der Waals surface area contributed by atoms with E-state index in [-0.39, 0.29) is 19.1 Å². The van der Waals surface area contributed by atoms with E-state index in [9.17, 15) is 18.3 Å². The van der Waals surface area contributed by atoms with Crippen LogP contribution in [0.3, 0.4) is 0 Å². The molecule has 0 aliphatic carbocycles. The first-order chi connectivity index (χ1) is 10.3. The lowest BCUT2D eigenvalue weighted by atomic mass is 10.00. The Morgan fingerprint density at radius 3 is 2.59 bits per heavy atom. The molecule has 2 unspecified atom stereocenters. The number of rotatable bonds is 5. The first-order valence-corrected chi connectivity index (χ1v) is 8.84. The second-order valence-corrected chi connectivity index (χ2v) is 6.95. The van der Waals surface area contributed by atoms with Gasteiger partial charge in [-0.25, -0.2) is 8.42 Å². The third-order valence-corrected chi connectivity index (χ3v) is 4.10. The standard InChI is InChI=1S/C14H20N2O5S/c1-3-16-12(8-21-9-13(16)17)14(18)10-4-6-11(7-5-10)15-22(2,19)20/h4-7,12,14-15,18H,3,8-9H2,1-2H3. The summed E-state index contributed by atoms with van der Waals surface area (Å²) < 4.78 is 29.9. The van der Waals surface area contributed by atoms with Crippen LogP contribution >= 0.6 is 0 Å². The van der Waals surface area contributed by atoms with Crippen LogP contribution in [0, 0.1) is 0 Å². The molecule has 0 aromatic heterocycles. The number of aliphatic hydroxyl groups excluding tert-OH is 1. The van der Waals surface area contributed by atoms with Gasteiger partial charge in [-0.05, 0) is 24.6 Å². The van der Waals surface area contributed by atoms with Crippen molar-refractivity contribution in [3.8, 4) is 0 Å². The number of carbonyl (C=O) groups is 1. The topological polar surface area (TPSA) is 95.9 Å². The van der Waals surface area contributed by atoms with E-state index in [1.807, 2.05) is 6.92 Å². The number of aliphatic hydroxyl groups is 1. The largest absolute Gasteiger partial charge is 0.386 e. The highest BCUT2D eigenvalue weighted by molar-refractivity contribution is 7.92. The lowest BCUT2D eigenvalue weighted by Gasteiger charge is -2.37. The van der Waals surface area contributed by atoms with Gasteiger partial charge in [0.1, 0.15) is 12.7 Å². The smallest absolute Gasteiger partial charge is 0.248 e. The number of nitrogens with zero attached hydrogens (tertiary/aromatic N) is 1.